The van der Waals surface area contributed by atoms with Crippen molar-refractivity contribution in [2.75, 3.05) is 0 Å². The summed E-state index contributed by atoms with van der Waals surface area (Å²) in [7, 11) is 0. The number of hydrogen-bond acceptors (Lipinski definition) is 5. The number of aliphatic hydroxyl groups excluding tert-OH is 2. The topological polar surface area (TPSA) is 79.3 Å². The lowest BCUT2D eigenvalue weighted by molar-refractivity contribution is -0.144. The summed E-state index contributed by atoms with van der Waals surface area (Å²) in [5.41, 5.74) is -1.35. The van der Waals surface area contributed by atoms with Gasteiger partial charge in [0, 0.05) is 6.08 Å². The lowest BCUT2D eigenvalue weighted by Gasteiger charge is -2.37. The Kier molecular flexibility index (Phi) is 1.83. The summed E-state index contributed by atoms with van der Waals surface area (Å²) >= 11 is 0. The first-order chi connectivity index (χ1) is 7.58. The van der Waals surface area contributed by atoms with E-state index < -0.39 is 23.6 Å². The Balaban J connectivity index is 2.03. The van der Waals surface area contributed by atoms with Gasteiger partial charge in [0.1, 0.15) is 6.10 Å². The van der Waals surface area contributed by atoms with Gasteiger partial charge >= 0.3 is 0 Å². The molecule has 0 aromatic heterocycles. The second-order valence-corrected chi connectivity index (χ2v) is 4.65. The molecule has 2 N–H and O–H groups in total. The Labute approximate surface area is 92.7 Å². The maximum atomic E-state index is 11.8. The molecule has 1 aliphatic carbocycles. The largest absolute Gasteiger partial charge is 0.463 e. The van der Waals surface area contributed by atoms with Crippen molar-refractivity contribution in [1.29, 1.82) is 0 Å². The number of rotatable bonds is 1. The molecule has 3 unspecified atom stereocenters. The fourth-order valence-corrected chi connectivity index (χ4v) is 2.96. The smallest absolute Gasteiger partial charge is 0.277 e. The van der Waals surface area contributed by atoms with E-state index in [2.05, 4.69) is 0 Å². The lowest BCUT2D eigenvalue weighted by atomic mass is 9.72. The third-order valence-corrected chi connectivity index (χ3v) is 3.97. The Morgan fingerprint density at radius 2 is 2.31 bits per heavy atom. The molecule has 5 nitrogen and oxygen atoms in total. The van der Waals surface area contributed by atoms with Crippen LogP contribution in [0.3, 0.4) is 0 Å². The molecule has 88 valence electrons. The normalized spacial score (nSPS) is 53.9. The Morgan fingerprint density at radius 3 is 3.00 bits per heavy atom. The van der Waals surface area contributed by atoms with E-state index in [1.807, 2.05) is 6.92 Å². The average Bonchev–Trinajstić information content (AvgIpc) is 2.98. The summed E-state index contributed by atoms with van der Waals surface area (Å²) in [5, 5.41) is 20.2. The number of ether oxygens (including phenoxy) is 2. The Bertz CT molecular complexity index is 379. The number of carbonyl (C=O) groups is 1. The molecule has 0 spiro atoms. The van der Waals surface area contributed by atoms with Gasteiger partial charge in [-0.1, -0.05) is 13.3 Å². The van der Waals surface area contributed by atoms with Gasteiger partial charge in [-0.15, -0.1) is 0 Å². The van der Waals surface area contributed by atoms with Crippen LogP contribution in [0.2, 0.25) is 0 Å². The summed E-state index contributed by atoms with van der Waals surface area (Å²) in [6.45, 7) is 1.92. The summed E-state index contributed by atoms with van der Waals surface area (Å²) < 4.78 is 10.6. The molecule has 16 heavy (non-hydrogen) atoms. The molecule has 3 rings (SSSR count). The molecule has 0 bridgehead atoms. The van der Waals surface area contributed by atoms with Gasteiger partial charge in [0.2, 0.25) is 5.60 Å². The predicted molar refractivity (Wildman–Crippen MR) is 52.2 cm³/mol. The maximum Gasteiger partial charge on any atom is 0.277 e. The van der Waals surface area contributed by atoms with Crippen molar-refractivity contribution in [3.05, 3.63) is 12.3 Å². The van der Waals surface area contributed by atoms with E-state index in [1.54, 1.807) is 0 Å². The van der Waals surface area contributed by atoms with Crippen LogP contribution in [0, 0.1) is 5.92 Å². The number of hydrogen-bond donors (Lipinski definition) is 2. The second kappa shape index (κ2) is 2.85. The quantitative estimate of drug-likeness (QED) is 0.601. The highest BCUT2D eigenvalue weighted by atomic mass is 16.8. The van der Waals surface area contributed by atoms with Crippen molar-refractivity contribution in [3.8, 4) is 0 Å². The van der Waals surface area contributed by atoms with Gasteiger partial charge < -0.3 is 19.7 Å². The van der Waals surface area contributed by atoms with Crippen LogP contribution >= 0.6 is 0 Å². The summed E-state index contributed by atoms with van der Waals surface area (Å²) in [6.07, 6.45) is 1.78. The van der Waals surface area contributed by atoms with Gasteiger partial charge in [-0.2, -0.15) is 0 Å². The predicted octanol–water partition coefficient (Wildman–Crippen LogP) is -0.284. The van der Waals surface area contributed by atoms with Crippen LogP contribution in [-0.2, 0) is 14.3 Å². The lowest BCUT2D eigenvalue weighted by Crippen LogP contribution is -2.58. The highest BCUT2D eigenvalue weighted by Crippen LogP contribution is 2.62. The van der Waals surface area contributed by atoms with Crippen LogP contribution in [0.25, 0.3) is 0 Å². The first kappa shape index (κ1) is 10.3. The number of carbonyl (C=O) groups excluding carboxylic acids is 1. The van der Waals surface area contributed by atoms with Crippen LogP contribution in [0.4, 0.5) is 0 Å². The Morgan fingerprint density at radius 1 is 1.56 bits per heavy atom. The van der Waals surface area contributed by atoms with Crippen molar-refractivity contribution >= 4 is 5.78 Å². The SMILES string of the molecule is CCC1CC(O)[C@@]23O[C@@]2(OC=CC3=O)C1O. The summed E-state index contributed by atoms with van der Waals surface area (Å²) in [4.78, 5) is 11.8. The molecule has 1 saturated heterocycles. The summed E-state index contributed by atoms with van der Waals surface area (Å²) in [5.74, 6) is -1.76. The fourth-order valence-electron chi connectivity index (χ4n) is 2.96. The molecule has 2 aliphatic heterocycles. The molecule has 0 aromatic carbocycles. The van der Waals surface area contributed by atoms with Crippen molar-refractivity contribution in [2.45, 2.75) is 43.4 Å². The van der Waals surface area contributed by atoms with E-state index in [-0.39, 0.29) is 11.7 Å². The minimum atomic E-state index is -1.35. The highest BCUT2D eigenvalue weighted by Gasteiger charge is 2.86. The molecule has 5 heteroatoms. The monoisotopic (exact) mass is 226 g/mol. The maximum absolute atomic E-state index is 11.8. The molecule has 0 aromatic rings. The van der Waals surface area contributed by atoms with Crippen molar-refractivity contribution in [1.82, 2.24) is 0 Å². The fraction of sp³-hybridized carbons (Fsp3) is 0.727. The first-order valence-electron chi connectivity index (χ1n) is 5.53. The van der Waals surface area contributed by atoms with Gasteiger partial charge in [0.15, 0.2) is 5.78 Å². The number of ketones is 1. The highest BCUT2D eigenvalue weighted by molar-refractivity contribution is 6.02. The van der Waals surface area contributed by atoms with E-state index in [0.29, 0.717) is 12.8 Å². The van der Waals surface area contributed by atoms with Gasteiger partial charge in [0.05, 0.1) is 12.4 Å². The second-order valence-electron chi connectivity index (χ2n) is 4.65. The van der Waals surface area contributed by atoms with E-state index in [0.717, 1.165) is 0 Å². The van der Waals surface area contributed by atoms with E-state index in [4.69, 9.17) is 9.47 Å². The molecule has 3 aliphatic rings. The molecule has 2 heterocycles. The zero-order valence-electron chi connectivity index (χ0n) is 8.92. The number of aliphatic hydroxyl groups is 2. The van der Waals surface area contributed by atoms with Crippen molar-refractivity contribution in [2.24, 2.45) is 5.92 Å². The minimum Gasteiger partial charge on any atom is -0.463 e. The average molecular weight is 226 g/mol. The third-order valence-electron chi connectivity index (χ3n) is 3.97. The molecule has 0 radical (unpaired) electrons. The minimum absolute atomic E-state index is 0.107. The Hall–Kier alpha value is -0.910. The van der Waals surface area contributed by atoms with Crippen LogP contribution in [0.1, 0.15) is 19.8 Å². The third kappa shape index (κ3) is 0.863. The zero-order chi connectivity index (χ0) is 11.6. The molecular weight excluding hydrogens is 212 g/mol. The van der Waals surface area contributed by atoms with Crippen molar-refractivity contribution in [3.63, 3.8) is 0 Å². The van der Waals surface area contributed by atoms with Gasteiger partial charge in [-0.25, -0.2) is 0 Å². The van der Waals surface area contributed by atoms with E-state index in [9.17, 15) is 15.0 Å². The molecular formula is C11H14O5. The van der Waals surface area contributed by atoms with Gasteiger partial charge in [-0.3, -0.25) is 4.79 Å². The van der Waals surface area contributed by atoms with Crippen LogP contribution in [0.15, 0.2) is 12.3 Å². The van der Waals surface area contributed by atoms with Crippen LogP contribution < -0.4 is 0 Å². The van der Waals surface area contributed by atoms with Gasteiger partial charge in [-0.05, 0) is 12.3 Å². The van der Waals surface area contributed by atoms with Crippen LogP contribution in [-0.4, -0.2) is 39.6 Å². The molecule has 1 saturated carbocycles. The van der Waals surface area contributed by atoms with Gasteiger partial charge in [0.25, 0.3) is 5.79 Å². The standard InChI is InChI=1S/C11H14O5/c1-2-6-5-8(13)10-7(12)3-4-15-11(10,16-10)9(6)14/h3-4,6,8-9,13-14H,2,5H2,1H3/t6?,8?,9?,10-,11+/m1/s1. The summed E-state index contributed by atoms with van der Waals surface area (Å²) in [6, 6.07) is 0. The zero-order valence-corrected chi connectivity index (χ0v) is 8.92. The van der Waals surface area contributed by atoms with E-state index >= 15 is 0 Å². The van der Waals surface area contributed by atoms with E-state index in [1.165, 1.54) is 12.3 Å². The molecule has 5 atom stereocenters. The first-order valence-corrected chi connectivity index (χ1v) is 5.53. The molecule has 0 amide bonds. The molecule has 2 fully saturated rings. The number of epoxide rings is 1. The van der Waals surface area contributed by atoms with Crippen molar-refractivity contribution < 1.29 is 24.5 Å². The van der Waals surface area contributed by atoms with Crippen LogP contribution in [0.5, 0.6) is 0 Å².